The van der Waals surface area contributed by atoms with Crippen molar-refractivity contribution >= 4 is 39.1 Å². The molecule has 0 spiro atoms. The number of esters is 1. The largest absolute Gasteiger partial charge is 0.497 e. The van der Waals surface area contributed by atoms with Gasteiger partial charge in [0.2, 0.25) is 0 Å². The summed E-state index contributed by atoms with van der Waals surface area (Å²) in [5.74, 6) is -0.937. The van der Waals surface area contributed by atoms with E-state index < -0.39 is 28.0 Å². The molecule has 0 bridgehead atoms. The molecule has 35 heavy (non-hydrogen) atoms. The summed E-state index contributed by atoms with van der Waals surface area (Å²) in [6.07, 6.45) is -1.14. The van der Waals surface area contributed by atoms with E-state index in [0.717, 1.165) is 0 Å². The van der Waals surface area contributed by atoms with Crippen molar-refractivity contribution in [2.45, 2.75) is 24.8 Å². The molecule has 10 heteroatoms. The van der Waals surface area contributed by atoms with Crippen molar-refractivity contribution in [2.24, 2.45) is 0 Å². The molecule has 1 amide bonds. The van der Waals surface area contributed by atoms with Crippen LogP contribution in [-0.4, -0.2) is 39.3 Å². The van der Waals surface area contributed by atoms with Crippen LogP contribution >= 0.6 is 0 Å². The number of rotatable bonds is 9. The van der Waals surface area contributed by atoms with Gasteiger partial charge in [0.05, 0.1) is 17.6 Å². The number of amides is 1. The average Bonchev–Trinajstić information content (AvgIpc) is 2.84. The van der Waals surface area contributed by atoms with Gasteiger partial charge < -0.3 is 14.8 Å². The Morgan fingerprint density at radius 3 is 2.11 bits per heavy atom. The number of ketones is 1. The monoisotopic (exact) mass is 496 g/mol. The third-order valence-electron chi connectivity index (χ3n) is 4.93. The van der Waals surface area contributed by atoms with Gasteiger partial charge in [-0.1, -0.05) is 12.1 Å². The van der Waals surface area contributed by atoms with Crippen LogP contribution in [0, 0.1) is 0 Å². The maximum atomic E-state index is 12.6. The smallest absolute Gasteiger partial charge is 0.338 e. The molecule has 0 aromatic heterocycles. The Morgan fingerprint density at radius 1 is 0.857 bits per heavy atom. The first-order chi connectivity index (χ1) is 16.6. The minimum atomic E-state index is -3.89. The zero-order chi connectivity index (χ0) is 25.6. The lowest BCUT2D eigenvalue weighted by Crippen LogP contribution is -2.30. The molecule has 0 aliphatic carbocycles. The van der Waals surface area contributed by atoms with Gasteiger partial charge in [0, 0.05) is 16.9 Å². The van der Waals surface area contributed by atoms with Crippen molar-refractivity contribution in [1.29, 1.82) is 0 Å². The van der Waals surface area contributed by atoms with Crippen LogP contribution in [-0.2, 0) is 19.6 Å². The molecular formula is C25H24N2O7S. The van der Waals surface area contributed by atoms with Crippen molar-refractivity contribution in [3.63, 3.8) is 0 Å². The van der Waals surface area contributed by atoms with Crippen molar-refractivity contribution < 1.29 is 32.3 Å². The highest BCUT2D eigenvalue weighted by Gasteiger charge is 2.21. The van der Waals surface area contributed by atoms with Crippen molar-refractivity contribution in [3.8, 4) is 5.75 Å². The third-order valence-corrected chi connectivity index (χ3v) is 6.33. The van der Waals surface area contributed by atoms with Crippen LogP contribution in [0.25, 0.3) is 0 Å². The van der Waals surface area contributed by atoms with Gasteiger partial charge in [-0.15, -0.1) is 0 Å². The van der Waals surface area contributed by atoms with Gasteiger partial charge in [-0.25, -0.2) is 13.2 Å². The van der Waals surface area contributed by atoms with Gasteiger partial charge in [0.15, 0.2) is 11.9 Å². The van der Waals surface area contributed by atoms with E-state index >= 15 is 0 Å². The molecule has 1 unspecified atom stereocenters. The van der Waals surface area contributed by atoms with Gasteiger partial charge in [0.25, 0.3) is 15.9 Å². The van der Waals surface area contributed by atoms with Crippen LogP contribution in [0.15, 0.2) is 77.7 Å². The molecule has 3 aromatic carbocycles. The van der Waals surface area contributed by atoms with Crippen LogP contribution in [0.1, 0.15) is 34.6 Å². The number of carbonyl (C=O) groups is 3. The molecule has 0 fully saturated rings. The molecule has 0 saturated carbocycles. The number of sulfonamides is 1. The topological polar surface area (TPSA) is 128 Å². The molecule has 3 aromatic rings. The molecule has 3 rings (SSSR count). The average molecular weight is 497 g/mol. The number of benzene rings is 3. The number of carbonyl (C=O) groups excluding carboxylic acids is 3. The summed E-state index contributed by atoms with van der Waals surface area (Å²) in [5, 5.41) is 2.59. The number of nitrogens with one attached hydrogen (secondary N) is 2. The van der Waals surface area contributed by atoms with Gasteiger partial charge >= 0.3 is 5.97 Å². The van der Waals surface area contributed by atoms with Crippen LogP contribution in [0.3, 0.4) is 0 Å². The fraction of sp³-hybridized carbons (Fsp3) is 0.160. The van der Waals surface area contributed by atoms with Crippen LogP contribution in [0.2, 0.25) is 0 Å². The lowest BCUT2D eigenvalue weighted by atomic mass is 10.1. The highest BCUT2D eigenvalue weighted by molar-refractivity contribution is 7.92. The Bertz CT molecular complexity index is 1330. The van der Waals surface area contributed by atoms with E-state index in [1.54, 1.807) is 42.5 Å². The highest BCUT2D eigenvalue weighted by Crippen LogP contribution is 2.20. The summed E-state index contributed by atoms with van der Waals surface area (Å²) < 4.78 is 37.9. The molecular weight excluding hydrogens is 472 g/mol. The molecule has 2 N–H and O–H groups in total. The molecule has 1 atom stereocenters. The van der Waals surface area contributed by atoms with E-state index in [-0.39, 0.29) is 16.2 Å². The van der Waals surface area contributed by atoms with Crippen LogP contribution in [0.4, 0.5) is 11.4 Å². The predicted molar refractivity (Wildman–Crippen MR) is 130 cm³/mol. The molecule has 0 aliphatic rings. The Balaban J connectivity index is 1.62. The Hall–Kier alpha value is -4.18. The first kappa shape index (κ1) is 25.4. The minimum absolute atomic E-state index is 0.0546. The fourth-order valence-corrected chi connectivity index (χ4v) is 4.04. The Morgan fingerprint density at radius 2 is 1.51 bits per heavy atom. The number of anilines is 2. The first-order valence-electron chi connectivity index (χ1n) is 10.5. The lowest BCUT2D eigenvalue weighted by molar-refractivity contribution is -0.123. The van der Waals surface area contributed by atoms with Crippen LogP contribution < -0.4 is 14.8 Å². The number of hydrogen-bond donors (Lipinski definition) is 2. The van der Waals surface area contributed by atoms with Gasteiger partial charge in [-0.05, 0) is 74.5 Å². The lowest BCUT2D eigenvalue weighted by Gasteiger charge is -2.14. The second-order valence-corrected chi connectivity index (χ2v) is 9.21. The van der Waals surface area contributed by atoms with Crippen molar-refractivity contribution in [1.82, 2.24) is 0 Å². The number of Topliss-reactive ketones (excluding diaryl/α,β-unsaturated/α-hetero) is 1. The van der Waals surface area contributed by atoms with Crippen molar-refractivity contribution in [2.75, 3.05) is 17.1 Å². The minimum Gasteiger partial charge on any atom is -0.497 e. The first-order valence-corrected chi connectivity index (χ1v) is 12.0. The molecule has 9 nitrogen and oxygen atoms in total. The van der Waals surface area contributed by atoms with E-state index in [0.29, 0.717) is 22.7 Å². The van der Waals surface area contributed by atoms with Crippen molar-refractivity contribution in [3.05, 3.63) is 83.9 Å². The zero-order valence-corrected chi connectivity index (χ0v) is 20.1. The quantitative estimate of drug-likeness (QED) is 0.340. The normalized spacial score (nSPS) is 11.7. The molecule has 0 heterocycles. The fourth-order valence-electron chi connectivity index (χ4n) is 2.99. The van der Waals surface area contributed by atoms with Gasteiger partial charge in [-0.3, -0.25) is 14.3 Å². The standard InChI is InChI=1S/C25H24N2O7S/c1-16(28)19-5-4-6-21(15-19)26-24(29)17(2)34-25(30)18-7-13-23(14-8-18)35(31,32)27-20-9-11-22(33-3)12-10-20/h4-15,17,27H,1-3H3,(H,26,29). The highest BCUT2D eigenvalue weighted by atomic mass is 32.2. The summed E-state index contributed by atoms with van der Waals surface area (Å²) in [6, 6.07) is 17.9. The number of hydrogen-bond acceptors (Lipinski definition) is 7. The van der Waals surface area contributed by atoms with Crippen LogP contribution in [0.5, 0.6) is 5.75 Å². The maximum Gasteiger partial charge on any atom is 0.338 e. The van der Waals surface area contributed by atoms with Gasteiger partial charge in [-0.2, -0.15) is 0 Å². The zero-order valence-electron chi connectivity index (χ0n) is 19.3. The summed E-state index contributed by atoms with van der Waals surface area (Å²) in [7, 11) is -2.38. The predicted octanol–water partition coefficient (Wildman–Crippen LogP) is 3.88. The second-order valence-electron chi connectivity index (χ2n) is 7.53. The summed E-state index contributed by atoms with van der Waals surface area (Å²) in [4.78, 5) is 36.3. The summed E-state index contributed by atoms with van der Waals surface area (Å²) in [6.45, 7) is 2.82. The molecule has 0 saturated heterocycles. The third kappa shape index (κ3) is 6.67. The maximum absolute atomic E-state index is 12.6. The second kappa shape index (κ2) is 10.8. The summed E-state index contributed by atoms with van der Waals surface area (Å²) >= 11 is 0. The summed E-state index contributed by atoms with van der Waals surface area (Å²) in [5.41, 5.74) is 1.25. The van der Waals surface area contributed by atoms with E-state index in [1.165, 1.54) is 51.3 Å². The van der Waals surface area contributed by atoms with E-state index in [1.807, 2.05) is 0 Å². The van der Waals surface area contributed by atoms with Gasteiger partial charge in [0.1, 0.15) is 5.75 Å². The molecule has 0 radical (unpaired) electrons. The van der Waals surface area contributed by atoms with E-state index in [2.05, 4.69) is 10.0 Å². The van der Waals surface area contributed by atoms with E-state index in [4.69, 9.17) is 9.47 Å². The SMILES string of the molecule is COc1ccc(NS(=O)(=O)c2ccc(C(=O)OC(C)C(=O)Nc3cccc(C(C)=O)c3)cc2)cc1. The number of ether oxygens (including phenoxy) is 2. The molecule has 0 aliphatic heterocycles. The Kier molecular flexibility index (Phi) is 7.87. The van der Waals surface area contributed by atoms with E-state index in [9.17, 15) is 22.8 Å². The molecule has 182 valence electrons. The Labute approximate surface area is 203 Å². The number of methoxy groups -OCH3 is 1.